The number of aliphatic hydroxyl groups is 1. The number of fused-ring (bicyclic) bond motifs is 1. The lowest BCUT2D eigenvalue weighted by molar-refractivity contribution is -0.137. The molecule has 1 fully saturated rings. The number of hydrogen-bond donors (Lipinski definition) is 3. The number of hydrogen-bond acceptors (Lipinski definition) is 7. The lowest BCUT2D eigenvalue weighted by Gasteiger charge is -2.34. The Morgan fingerprint density at radius 1 is 1.17 bits per heavy atom. The van der Waals surface area contributed by atoms with E-state index in [1.807, 2.05) is 0 Å². The number of alkyl halides is 3. The van der Waals surface area contributed by atoms with E-state index in [2.05, 4.69) is 20.3 Å². The molecule has 158 valence electrons. The number of nitrogens with zero attached hydrogens (tertiary/aromatic N) is 4. The Morgan fingerprint density at radius 2 is 1.97 bits per heavy atom. The van der Waals surface area contributed by atoms with Crippen LogP contribution in [0.3, 0.4) is 0 Å². The summed E-state index contributed by atoms with van der Waals surface area (Å²) >= 11 is 0. The average molecular weight is 418 g/mol. The molecule has 3 aromatic rings. The van der Waals surface area contributed by atoms with E-state index >= 15 is 0 Å². The molecule has 0 bridgehead atoms. The van der Waals surface area contributed by atoms with Gasteiger partial charge in [-0.2, -0.15) is 23.1 Å². The first-order chi connectivity index (χ1) is 14.3. The molecule has 0 spiro atoms. The number of halogens is 3. The van der Waals surface area contributed by atoms with Crippen LogP contribution < -0.4 is 16.0 Å². The molecule has 1 saturated heterocycles. The number of β-amino-alcohol motifs (C(OH)–C–C–N with tert-alkyl or cyclic N) is 1. The van der Waals surface area contributed by atoms with Crippen molar-refractivity contribution in [3.63, 3.8) is 0 Å². The van der Waals surface area contributed by atoms with Gasteiger partial charge in [0.25, 0.3) is 0 Å². The lowest BCUT2D eigenvalue weighted by Crippen LogP contribution is -2.38. The number of piperidine rings is 1. The Bertz CT molecular complexity index is 1090. The topological polar surface area (TPSA) is 100 Å². The molecule has 1 unspecified atom stereocenters. The maximum atomic E-state index is 13.9. The van der Waals surface area contributed by atoms with Crippen molar-refractivity contribution in [1.29, 1.82) is 0 Å². The fraction of sp³-hybridized carbons (Fsp3) is 0.350. The van der Waals surface area contributed by atoms with Crippen molar-refractivity contribution in [2.24, 2.45) is 0 Å². The molecule has 1 aliphatic rings. The number of anilines is 3. The van der Waals surface area contributed by atoms with Crippen LogP contribution in [-0.2, 0) is 6.18 Å². The molecule has 1 aromatic carbocycles. The highest BCUT2D eigenvalue weighted by atomic mass is 19.4. The van der Waals surface area contributed by atoms with Crippen LogP contribution in [0.1, 0.15) is 18.4 Å². The minimum atomic E-state index is -4.57. The zero-order valence-corrected chi connectivity index (χ0v) is 16.2. The third-order valence-corrected chi connectivity index (χ3v) is 5.16. The van der Waals surface area contributed by atoms with Gasteiger partial charge in [-0.25, -0.2) is 4.98 Å². The molecule has 4 rings (SSSR count). The summed E-state index contributed by atoms with van der Waals surface area (Å²) in [5.74, 6) is 0.417. The summed E-state index contributed by atoms with van der Waals surface area (Å²) in [7, 11) is 1.66. The highest BCUT2D eigenvalue weighted by molar-refractivity contribution is 5.90. The van der Waals surface area contributed by atoms with Gasteiger partial charge < -0.3 is 21.1 Å². The molecule has 30 heavy (non-hydrogen) atoms. The normalized spacial score (nSPS) is 17.4. The van der Waals surface area contributed by atoms with E-state index in [0.29, 0.717) is 36.3 Å². The largest absolute Gasteiger partial charge is 0.417 e. The highest BCUT2D eigenvalue weighted by Crippen LogP contribution is 2.42. The molecular weight excluding hydrogens is 397 g/mol. The zero-order valence-electron chi connectivity index (χ0n) is 16.2. The molecule has 1 atom stereocenters. The molecule has 1 aliphatic heterocycles. The number of pyridine rings is 1. The predicted octanol–water partition coefficient (Wildman–Crippen LogP) is 3.30. The second-order valence-corrected chi connectivity index (χ2v) is 7.19. The molecule has 3 heterocycles. The number of nitrogens with two attached hydrogens (primary N) is 1. The number of aromatic nitrogens is 3. The minimum absolute atomic E-state index is 0.0278. The van der Waals surface area contributed by atoms with Crippen molar-refractivity contribution in [3.05, 3.63) is 35.9 Å². The first-order valence-corrected chi connectivity index (χ1v) is 9.53. The number of benzene rings is 1. The molecule has 0 amide bonds. The second kappa shape index (κ2) is 7.60. The van der Waals surface area contributed by atoms with Crippen molar-refractivity contribution in [2.75, 3.05) is 36.1 Å². The van der Waals surface area contributed by atoms with Crippen LogP contribution in [-0.4, -0.2) is 46.3 Å². The maximum Gasteiger partial charge on any atom is 0.417 e. The Kier molecular flexibility index (Phi) is 5.10. The van der Waals surface area contributed by atoms with Gasteiger partial charge in [0.05, 0.1) is 22.7 Å². The molecule has 0 saturated carbocycles. The highest BCUT2D eigenvalue weighted by Gasteiger charge is 2.36. The van der Waals surface area contributed by atoms with Crippen LogP contribution in [0.15, 0.2) is 30.3 Å². The third-order valence-electron chi connectivity index (χ3n) is 5.16. The van der Waals surface area contributed by atoms with E-state index in [1.165, 1.54) is 12.1 Å². The fourth-order valence-electron chi connectivity index (χ4n) is 3.84. The first-order valence-electron chi connectivity index (χ1n) is 9.53. The second-order valence-electron chi connectivity index (χ2n) is 7.19. The number of nitrogens with one attached hydrogen (secondary N) is 1. The van der Waals surface area contributed by atoms with E-state index in [-0.39, 0.29) is 29.4 Å². The van der Waals surface area contributed by atoms with Crippen molar-refractivity contribution in [2.45, 2.75) is 25.1 Å². The van der Waals surface area contributed by atoms with E-state index in [4.69, 9.17) is 5.73 Å². The quantitative estimate of drug-likeness (QED) is 0.600. The molecule has 0 aliphatic carbocycles. The summed E-state index contributed by atoms with van der Waals surface area (Å²) in [6, 6.07) is 7.20. The van der Waals surface area contributed by atoms with Crippen molar-refractivity contribution < 1.29 is 18.3 Å². The van der Waals surface area contributed by atoms with Crippen LogP contribution in [0.2, 0.25) is 0 Å². The summed E-state index contributed by atoms with van der Waals surface area (Å²) in [4.78, 5) is 14.4. The standard InChI is InChI=1S/C20H21F3N6O/c1-25-17-12-7-8-14(26-18(12)28-19(24)27-17)16-13(20(21,22)23)5-2-6-15(16)29-9-3-4-11(30)10-29/h2,5-8,11,30H,3-4,9-10H2,1H3,(H3,24,25,26,27,28). The number of nitrogen functional groups attached to an aromatic ring is 1. The minimum Gasteiger partial charge on any atom is -0.391 e. The van der Waals surface area contributed by atoms with Crippen LogP contribution in [0.5, 0.6) is 0 Å². The van der Waals surface area contributed by atoms with Crippen molar-refractivity contribution in [1.82, 2.24) is 15.0 Å². The molecule has 4 N–H and O–H groups in total. The Labute approximate surface area is 170 Å². The van der Waals surface area contributed by atoms with Crippen molar-refractivity contribution >= 4 is 28.5 Å². The smallest absolute Gasteiger partial charge is 0.391 e. The summed E-state index contributed by atoms with van der Waals surface area (Å²) in [5.41, 5.74) is 5.62. The Balaban J connectivity index is 1.94. The van der Waals surface area contributed by atoms with Crippen LogP contribution >= 0.6 is 0 Å². The van der Waals surface area contributed by atoms with Crippen LogP contribution in [0.4, 0.5) is 30.6 Å². The SMILES string of the molecule is CNc1nc(N)nc2nc(-c3c(N4CCCC(O)C4)cccc3C(F)(F)F)ccc12. The first kappa shape index (κ1) is 20.1. The Morgan fingerprint density at radius 3 is 2.67 bits per heavy atom. The van der Waals surface area contributed by atoms with E-state index < -0.39 is 17.8 Å². The molecular formula is C20H21F3N6O. The maximum absolute atomic E-state index is 13.9. The van der Waals surface area contributed by atoms with Gasteiger partial charge in [-0.3, -0.25) is 0 Å². The van der Waals surface area contributed by atoms with Gasteiger partial charge in [0, 0.05) is 31.4 Å². The van der Waals surface area contributed by atoms with Gasteiger partial charge in [0.1, 0.15) is 5.82 Å². The molecule has 10 heteroatoms. The molecule has 2 aromatic heterocycles. The summed E-state index contributed by atoms with van der Waals surface area (Å²) < 4.78 is 41.7. The van der Waals surface area contributed by atoms with E-state index in [0.717, 1.165) is 6.07 Å². The third kappa shape index (κ3) is 3.70. The van der Waals surface area contributed by atoms with Crippen LogP contribution in [0.25, 0.3) is 22.3 Å². The van der Waals surface area contributed by atoms with E-state index in [1.54, 1.807) is 24.1 Å². The van der Waals surface area contributed by atoms with Gasteiger partial charge in [0.15, 0.2) is 5.65 Å². The van der Waals surface area contributed by atoms with Gasteiger partial charge in [0.2, 0.25) is 5.95 Å². The van der Waals surface area contributed by atoms with Gasteiger partial charge in [-0.05, 0) is 37.1 Å². The summed E-state index contributed by atoms with van der Waals surface area (Å²) in [6.07, 6.45) is -3.84. The van der Waals surface area contributed by atoms with Gasteiger partial charge in [-0.1, -0.05) is 6.07 Å². The van der Waals surface area contributed by atoms with Gasteiger partial charge in [-0.15, -0.1) is 0 Å². The van der Waals surface area contributed by atoms with Crippen LogP contribution in [0, 0.1) is 0 Å². The van der Waals surface area contributed by atoms with E-state index in [9.17, 15) is 18.3 Å². The van der Waals surface area contributed by atoms with Gasteiger partial charge >= 0.3 is 6.18 Å². The number of aliphatic hydroxyl groups excluding tert-OH is 1. The molecule has 7 nitrogen and oxygen atoms in total. The predicted molar refractivity (Wildman–Crippen MR) is 109 cm³/mol. The summed E-state index contributed by atoms with van der Waals surface area (Å²) in [6.45, 7) is 0.818. The Hall–Kier alpha value is -3.14. The fourth-order valence-corrected chi connectivity index (χ4v) is 3.84. The average Bonchev–Trinajstić information content (AvgIpc) is 2.71. The lowest BCUT2D eigenvalue weighted by atomic mass is 9.98. The number of rotatable bonds is 3. The zero-order chi connectivity index (χ0) is 21.5. The molecule has 0 radical (unpaired) electrons. The monoisotopic (exact) mass is 418 g/mol. The summed E-state index contributed by atoms with van der Waals surface area (Å²) in [5, 5.41) is 13.5. The van der Waals surface area contributed by atoms with Crippen molar-refractivity contribution in [3.8, 4) is 11.3 Å².